The third-order valence-electron chi connectivity index (χ3n) is 14.9. The fourth-order valence-corrected chi connectivity index (χ4v) is 10.4. The van der Waals surface area contributed by atoms with Crippen LogP contribution in [0, 0.1) is 25.6 Å². The molecule has 0 aliphatic heterocycles. The van der Waals surface area contributed by atoms with Crippen molar-refractivity contribution in [3.05, 3.63) is 267 Å². The first kappa shape index (κ1) is 56.6. The Kier molecular flexibility index (Phi) is 16.5. The first-order valence-corrected chi connectivity index (χ1v) is 27.0. The molecular formula is C76H67IrN3-4. The summed E-state index contributed by atoms with van der Waals surface area (Å²) in [6, 6.07) is 84.8. The summed E-state index contributed by atoms with van der Waals surface area (Å²) in [6.07, 6.45) is 5.94. The molecule has 0 saturated heterocycles. The number of hydrogen-bond donors (Lipinski definition) is 0. The van der Waals surface area contributed by atoms with Gasteiger partial charge in [0.15, 0.2) is 0 Å². The molecule has 3 heterocycles. The van der Waals surface area contributed by atoms with E-state index in [-0.39, 0.29) is 43.8 Å². The molecule has 0 amide bonds. The van der Waals surface area contributed by atoms with E-state index in [1.54, 1.807) is 0 Å². The molecule has 0 saturated carbocycles. The monoisotopic (exact) mass is 1210 g/mol. The number of pyridine rings is 3. The van der Waals surface area contributed by atoms with E-state index >= 15 is 0 Å². The van der Waals surface area contributed by atoms with Crippen LogP contribution in [0.2, 0.25) is 0 Å². The molecule has 11 rings (SSSR count). The molecule has 399 valence electrons. The van der Waals surface area contributed by atoms with Crippen LogP contribution >= 0.6 is 0 Å². The van der Waals surface area contributed by atoms with E-state index in [1.807, 2.05) is 30.7 Å². The van der Waals surface area contributed by atoms with Gasteiger partial charge < -0.3 is 22.4 Å². The van der Waals surface area contributed by atoms with Gasteiger partial charge >= 0.3 is 0 Å². The van der Waals surface area contributed by atoms with Gasteiger partial charge in [0.25, 0.3) is 0 Å². The van der Waals surface area contributed by atoms with Gasteiger partial charge in [-0.15, -0.1) is 94.5 Å². The number of rotatable bonds is 10. The van der Waals surface area contributed by atoms with Gasteiger partial charge in [0.2, 0.25) is 0 Å². The van der Waals surface area contributed by atoms with Crippen LogP contribution in [0.15, 0.2) is 225 Å². The van der Waals surface area contributed by atoms with Crippen LogP contribution in [-0.4, -0.2) is 15.0 Å². The van der Waals surface area contributed by atoms with Crippen LogP contribution in [-0.2, 0) is 36.4 Å². The van der Waals surface area contributed by atoms with E-state index < -0.39 is 0 Å². The van der Waals surface area contributed by atoms with Crippen molar-refractivity contribution in [2.24, 2.45) is 0 Å². The SMILES string of the molecule is CC(C)(C)c1cc[c-]c(-c2ccc(-c3ccccc3-c3cc(-c4ccccc4-c4ccc(-c5[c-]ccc(C(C)(C)C)c5)nc4)cc(-c4ccccc4-c4c[c-]c(-c5cc(C(C)(C)C)ccn5)cc4-c4ccccc4)c3)cn2)c1.[CH3-].[Ir]. The zero-order chi connectivity index (χ0) is 54.2. The second kappa shape index (κ2) is 23.3. The summed E-state index contributed by atoms with van der Waals surface area (Å²) >= 11 is 0. The molecule has 4 heteroatoms. The van der Waals surface area contributed by atoms with Gasteiger partial charge in [-0.25, -0.2) is 0 Å². The Hall–Kier alpha value is -8.14. The summed E-state index contributed by atoms with van der Waals surface area (Å²) in [6.45, 7) is 20.2. The molecule has 0 aliphatic rings. The fraction of sp³-hybridized carbons (Fsp3) is 0.158. The summed E-state index contributed by atoms with van der Waals surface area (Å²) < 4.78 is 0. The van der Waals surface area contributed by atoms with Crippen LogP contribution < -0.4 is 0 Å². The van der Waals surface area contributed by atoms with Gasteiger partial charge in [0.1, 0.15) is 0 Å². The van der Waals surface area contributed by atoms with Crippen molar-refractivity contribution in [1.82, 2.24) is 15.0 Å². The van der Waals surface area contributed by atoms with Crippen LogP contribution in [0.3, 0.4) is 0 Å². The van der Waals surface area contributed by atoms with E-state index in [1.165, 1.54) is 16.7 Å². The van der Waals surface area contributed by atoms with Crippen molar-refractivity contribution in [2.45, 2.75) is 78.6 Å². The van der Waals surface area contributed by atoms with Crippen LogP contribution in [0.25, 0.3) is 112 Å². The maximum absolute atomic E-state index is 5.07. The maximum Gasteiger partial charge on any atom is 0.0239 e. The average molecular weight is 1210 g/mol. The van der Waals surface area contributed by atoms with Gasteiger partial charge in [0.05, 0.1) is 0 Å². The molecule has 0 unspecified atom stereocenters. The summed E-state index contributed by atoms with van der Waals surface area (Å²) in [5.41, 5.74) is 24.7. The Balaban J connectivity index is 0.00000387. The predicted octanol–water partition coefficient (Wildman–Crippen LogP) is 20.3. The van der Waals surface area contributed by atoms with E-state index in [2.05, 4.69) is 275 Å². The van der Waals surface area contributed by atoms with Gasteiger partial charge in [0, 0.05) is 38.7 Å². The number of nitrogens with zero attached hydrogens (tertiary/aromatic N) is 3. The van der Waals surface area contributed by atoms with Gasteiger partial charge in [-0.05, 0) is 124 Å². The number of hydrogen-bond acceptors (Lipinski definition) is 3. The van der Waals surface area contributed by atoms with Gasteiger partial charge in [-0.1, -0.05) is 212 Å². The molecule has 8 aromatic carbocycles. The Morgan fingerprint density at radius 3 is 1.14 bits per heavy atom. The zero-order valence-electron chi connectivity index (χ0n) is 47.5. The summed E-state index contributed by atoms with van der Waals surface area (Å²) in [7, 11) is 0. The standard InChI is InChI=1S/C75H64N3.CH3.Ir/c1-73(2,3)59-25-19-23-51(44-59)70-37-34-54(48-77-70)62-27-13-15-29-64(62)56-41-57(65-30-16-14-28-63(65)55-35-38-71(78-49-55)52-24-20-26-60(45-52)74(4,5)6)43-58(42-56)66-31-17-18-32-67(66)68-36-33-53(46-69(68)50-21-11-10-12-22-50)72-47-61(39-40-76-72)75(7,8)9;;/h10-22,25-32,34-49H,1-9H3;1H3;/q-3;-1;. The third kappa shape index (κ3) is 12.0. The molecule has 0 N–H and O–H groups in total. The minimum atomic E-state index is -0.0216. The molecule has 0 bridgehead atoms. The molecule has 3 aromatic heterocycles. The van der Waals surface area contributed by atoms with E-state index in [0.29, 0.717) is 0 Å². The largest absolute Gasteiger partial charge is 0.358 e. The summed E-state index contributed by atoms with van der Waals surface area (Å²) in [4.78, 5) is 15.0. The average Bonchev–Trinajstić information content (AvgIpc) is 3.47. The first-order chi connectivity index (χ1) is 37.5. The molecule has 0 fully saturated rings. The van der Waals surface area contributed by atoms with Crippen molar-refractivity contribution in [1.29, 1.82) is 0 Å². The van der Waals surface area contributed by atoms with E-state index in [9.17, 15) is 0 Å². The molecule has 11 aromatic rings. The van der Waals surface area contributed by atoms with Gasteiger partial charge in [-0.3, -0.25) is 0 Å². The molecule has 0 atom stereocenters. The first-order valence-electron chi connectivity index (χ1n) is 27.0. The predicted molar refractivity (Wildman–Crippen MR) is 333 cm³/mol. The Labute approximate surface area is 489 Å². The molecule has 1 radical (unpaired) electrons. The van der Waals surface area contributed by atoms with Crippen molar-refractivity contribution in [3.8, 4) is 112 Å². The summed E-state index contributed by atoms with van der Waals surface area (Å²) in [5, 5.41) is 0. The van der Waals surface area contributed by atoms with Crippen LogP contribution in [0.1, 0.15) is 79.0 Å². The second-order valence-corrected chi connectivity index (χ2v) is 23.5. The molecule has 3 nitrogen and oxygen atoms in total. The van der Waals surface area contributed by atoms with Crippen LogP contribution in [0.5, 0.6) is 0 Å². The number of aromatic nitrogens is 3. The quantitative estimate of drug-likeness (QED) is 0.128. The van der Waals surface area contributed by atoms with E-state index in [0.717, 1.165) is 112 Å². The van der Waals surface area contributed by atoms with Crippen molar-refractivity contribution < 1.29 is 20.1 Å². The number of benzene rings is 8. The minimum absolute atomic E-state index is 0. The smallest absolute Gasteiger partial charge is 0.0239 e. The summed E-state index contributed by atoms with van der Waals surface area (Å²) in [5.74, 6) is 0. The molecular weight excluding hydrogens is 1150 g/mol. The normalized spacial score (nSPS) is 11.6. The minimum Gasteiger partial charge on any atom is -0.358 e. The second-order valence-electron chi connectivity index (χ2n) is 23.5. The molecule has 0 spiro atoms. The Bertz CT molecular complexity index is 3780. The van der Waals surface area contributed by atoms with Gasteiger partial charge in [-0.2, -0.15) is 0 Å². The molecule has 80 heavy (non-hydrogen) atoms. The maximum atomic E-state index is 5.07. The Morgan fingerprint density at radius 2 is 0.700 bits per heavy atom. The topological polar surface area (TPSA) is 38.7 Å². The van der Waals surface area contributed by atoms with Crippen molar-refractivity contribution in [2.75, 3.05) is 0 Å². The van der Waals surface area contributed by atoms with E-state index in [4.69, 9.17) is 15.0 Å². The Morgan fingerprint density at radius 1 is 0.300 bits per heavy atom. The zero-order valence-corrected chi connectivity index (χ0v) is 49.9. The van der Waals surface area contributed by atoms with Crippen LogP contribution in [0.4, 0.5) is 0 Å². The van der Waals surface area contributed by atoms with Crippen molar-refractivity contribution >= 4 is 0 Å². The van der Waals surface area contributed by atoms with Crippen molar-refractivity contribution in [3.63, 3.8) is 0 Å². The molecule has 0 aliphatic carbocycles. The third-order valence-corrected chi connectivity index (χ3v) is 14.9. The fourth-order valence-electron chi connectivity index (χ4n) is 10.4.